The molecule has 0 amide bonds. The van der Waals surface area contributed by atoms with E-state index in [2.05, 4.69) is 18.2 Å². The van der Waals surface area contributed by atoms with Crippen LogP contribution < -0.4 is 0 Å². The smallest absolute Gasteiger partial charge is 0.312 e. The zero-order chi connectivity index (χ0) is 11.5. The average Bonchev–Trinajstić information content (AvgIpc) is 2.25. The molecule has 0 saturated heterocycles. The fraction of sp³-hybridized carbons (Fsp3) is 0.500. The van der Waals surface area contributed by atoms with E-state index in [0.29, 0.717) is 5.92 Å². The van der Waals surface area contributed by atoms with Crippen LogP contribution in [0.3, 0.4) is 0 Å². The number of rotatable bonds is 3. The molecule has 0 aliphatic heterocycles. The van der Waals surface area contributed by atoms with Crippen LogP contribution in [0, 0.1) is 0 Å². The number of ether oxygens (including phenoxy) is 1. The Morgan fingerprint density at radius 3 is 2.62 bits per heavy atom. The summed E-state index contributed by atoms with van der Waals surface area (Å²) in [6.07, 6.45) is 3.82. The monoisotopic (exact) mass is 218 g/mol. The van der Waals surface area contributed by atoms with Gasteiger partial charge in [-0.2, -0.15) is 0 Å². The number of carbonyl (C=O) groups excluding carboxylic acids is 1. The third-order valence-corrected chi connectivity index (χ3v) is 3.56. The van der Waals surface area contributed by atoms with Crippen molar-refractivity contribution in [3.8, 4) is 0 Å². The van der Waals surface area contributed by atoms with Gasteiger partial charge in [0, 0.05) is 0 Å². The van der Waals surface area contributed by atoms with Gasteiger partial charge in [0.1, 0.15) is 0 Å². The maximum absolute atomic E-state index is 11.6. The highest BCUT2D eigenvalue weighted by Crippen LogP contribution is 2.39. The van der Waals surface area contributed by atoms with Gasteiger partial charge in [-0.05, 0) is 36.8 Å². The Bertz CT molecular complexity index is 380. The van der Waals surface area contributed by atoms with Crippen molar-refractivity contribution in [3.63, 3.8) is 0 Å². The van der Waals surface area contributed by atoms with Crippen molar-refractivity contribution < 1.29 is 9.53 Å². The molecule has 1 aliphatic rings. The summed E-state index contributed by atoms with van der Waals surface area (Å²) in [6.45, 7) is 1.92. The highest BCUT2D eigenvalue weighted by Gasteiger charge is 2.26. The highest BCUT2D eigenvalue weighted by molar-refractivity contribution is 5.78. The van der Waals surface area contributed by atoms with Gasteiger partial charge < -0.3 is 4.74 Å². The van der Waals surface area contributed by atoms with E-state index in [1.807, 2.05) is 13.0 Å². The topological polar surface area (TPSA) is 26.3 Å². The molecule has 2 nitrogen and oxygen atoms in total. The third kappa shape index (κ3) is 1.97. The van der Waals surface area contributed by atoms with Crippen LogP contribution in [0.4, 0.5) is 0 Å². The zero-order valence-electron chi connectivity index (χ0n) is 9.90. The molecule has 0 heterocycles. The standard InChI is InChI=1S/C14H18O2/c1-10(14(15)16-2)12-8-3-4-9-13(12)11-6-5-7-11/h3-4,8-11H,5-7H2,1-2H3. The maximum atomic E-state index is 11.6. The van der Waals surface area contributed by atoms with E-state index in [-0.39, 0.29) is 11.9 Å². The van der Waals surface area contributed by atoms with E-state index >= 15 is 0 Å². The molecule has 1 unspecified atom stereocenters. The molecule has 1 atom stereocenters. The summed E-state index contributed by atoms with van der Waals surface area (Å²) in [5, 5.41) is 0. The number of benzene rings is 1. The summed E-state index contributed by atoms with van der Waals surface area (Å²) in [5.74, 6) is 0.358. The second-order valence-corrected chi connectivity index (χ2v) is 4.50. The van der Waals surface area contributed by atoms with E-state index in [1.165, 1.54) is 31.9 Å². The first-order chi connectivity index (χ1) is 7.74. The maximum Gasteiger partial charge on any atom is 0.312 e. The van der Waals surface area contributed by atoms with Crippen molar-refractivity contribution in [2.75, 3.05) is 7.11 Å². The molecule has 0 radical (unpaired) electrons. The number of methoxy groups -OCH3 is 1. The van der Waals surface area contributed by atoms with Crippen LogP contribution in [0.2, 0.25) is 0 Å². The number of carbonyl (C=O) groups is 1. The molecule has 1 aliphatic carbocycles. The Morgan fingerprint density at radius 1 is 1.38 bits per heavy atom. The average molecular weight is 218 g/mol. The second kappa shape index (κ2) is 4.69. The van der Waals surface area contributed by atoms with Gasteiger partial charge in [0.15, 0.2) is 0 Å². The molecule has 0 aromatic heterocycles. The molecule has 86 valence electrons. The van der Waals surface area contributed by atoms with Gasteiger partial charge in [0.2, 0.25) is 0 Å². The van der Waals surface area contributed by atoms with Crippen LogP contribution >= 0.6 is 0 Å². The summed E-state index contributed by atoms with van der Waals surface area (Å²) in [4.78, 5) is 11.6. The Hall–Kier alpha value is -1.31. The Morgan fingerprint density at radius 2 is 2.06 bits per heavy atom. The first-order valence-electron chi connectivity index (χ1n) is 5.90. The predicted octanol–water partition coefficient (Wildman–Crippen LogP) is 3.23. The lowest BCUT2D eigenvalue weighted by Gasteiger charge is -2.29. The summed E-state index contributed by atoms with van der Waals surface area (Å²) < 4.78 is 4.81. The normalized spacial score (nSPS) is 17.6. The van der Waals surface area contributed by atoms with Gasteiger partial charge in [0.05, 0.1) is 13.0 Å². The lowest BCUT2D eigenvalue weighted by molar-refractivity contribution is -0.142. The molecular formula is C14H18O2. The second-order valence-electron chi connectivity index (χ2n) is 4.50. The molecule has 2 heteroatoms. The molecule has 1 aromatic rings. The van der Waals surface area contributed by atoms with Crippen LogP contribution in [-0.4, -0.2) is 13.1 Å². The van der Waals surface area contributed by atoms with Crippen molar-refractivity contribution in [2.45, 2.75) is 38.0 Å². The highest BCUT2D eigenvalue weighted by atomic mass is 16.5. The lowest BCUT2D eigenvalue weighted by atomic mass is 9.76. The molecule has 0 N–H and O–H groups in total. The summed E-state index contributed by atoms with van der Waals surface area (Å²) in [5.41, 5.74) is 2.48. The van der Waals surface area contributed by atoms with Crippen LogP contribution in [0.1, 0.15) is 49.1 Å². The van der Waals surface area contributed by atoms with Crippen molar-refractivity contribution >= 4 is 5.97 Å². The molecule has 0 bridgehead atoms. The minimum absolute atomic E-state index is 0.147. The Labute approximate surface area is 96.6 Å². The first-order valence-corrected chi connectivity index (χ1v) is 5.90. The molecule has 1 fully saturated rings. The lowest BCUT2D eigenvalue weighted by Crippen LogP contribution is -2.17. The molecular weight excluding hydrogens is 200 g/mol. The summed E-state index contributed by atoms with van der Waals surface area (Å²) >= 11 is 0. The summed E-state index contributed by atoms with van der Waals surface area (Å²) in [6, 6.07) is 8.26. The van der Waals surface area contributed by atoms with Gasteiger partial charge in [-0.25, -0.2) is 0 Å². The largest absolute Gasteiger partial charge is 0.469 e. The van der Waals surface area contributed by atoms with Crippen molar-refractivity contribution in [3.05, 3.63) is 35.4 Å². The van der Waals surface area contributed by atoms with Gasteiger partial charge >= 0.3 is 5.97 Å². The molecule has 2 rings (SSSR count). The van der Waals surface area contributed by atoms with E-state index in [4.69, 9.17) is 4.74 Å². The van der Waals surface area contributed by atoms with Gasteiger partial charge in [0.25, 0.3) is 0 Å². The van der Waals surface area contributed by atoms with Gasteiger partial charge in [-0.15, -0.1) is 0 Å². The zero-order valence-corrected chi connectivity index (χ0v) is 9.90. The van der Waals surface area contributed by atoms with Crippen LogP contribution in [0.25, 0.3) is 0 Å². The number of hydrogen-bond donors (Lipinski definition) is 0. The van der Waals surface area contributed by atoms with Crippen molar-refractivity contribution in [2.24, 2.45) is 0 Å². The van der Waals surface area contributed by atoms with E-state index in [1.54, 1.807) is 0 Å². The van der Waals surface area contributed by atoms with E-state index < -0.39 is 0 Å². The fourth-order valence-electron chi connectivity index (χ4n) is 2.30. The van der Waals surface area contributed by atoms with Crippen LogP contribution in [0.15, 0.2) is 24.3 Å². The quantitative estimate of drug-likeness (QED) is 0.728. The molecule has 0 spiro atoms. The molecule has 16 heavy (non-hydrogen) atoms. The number of esters is 1. The fourth-order valence-corrected chi connectivity index (χ4v) is 2.30. The predicted molar refractivity (Wildman–Crippen MR) is 63.5 cm³/mol. The van der Waals surface area contributed by atoms with Crippen LogP contribution in [-0.2, 0) is 9.53 Å². The van der Waals surface area contributed by atoms with E-state index in [0.717, 1.165) is 5.56 Å². The van der Waals surface area contributed by atoms with Gasteiger partial charge in [-0.3, -0.25) is 4.79 Å². The SMILES string of the molecule is COC(=O)C(C)c1ccccc1C1CCC1. The minimum Gasteiger partial charge on any atom is -0.469 e. The molecule has 1 aromatic carbocycles. The number of hydrogen-bond acceptors (Lipinski definition) is 2. The Kier molecular flexibility index (Phi) is 3.28. The van der Waals surface area contributed by atoms with E-state index in [9.17, 15) is 4.79 Å². The Balaban J connectivity index is 2.28. The van der Waals surface area contributed by atoms with Crippen molar-refractivity contribution in [1.29, 1.82) is 0 Å². The first kappa shape index (κ1) is 11.2. The minimum atomic E-state index is -0.151. The van der Waals surface area contributed by atoms with Gasteiger partial charge in [-0.1, -0.05) is 30.7 Å². The third-order valence-electron chi connectivity index (χ3n) is 3.56. The van der Waals surface area contributed by atoms with Crippen molar-refractivity contribution in [1.82, 2.24) is 0 Å². The summed E-state index contributed by atoms with van der Waals surface area (Å²) in [7, 11) is 1.45. The van der Waals surface area contributed by atoms with Crippen LogP contribution in [0.5, 0.6) is 0 Å². The molecule has 1 saturated carbocycles.